The molecular formula is C18H17N3. The highest BCUT2D eigenvalue weighted by atomic mass is 15.1. The van der Waals surface area contributed by atoms with Crippen LogP contribution in [0.25, 0.3) is 11.0 Å². The highest BCUT2D eigenvalue weighted by molar-refractivity contribution is 5.76. The Kier molecular flexibility index (Phi) is 3.45. The van der Waals surface area contributed by atoms with Crippen LogP contribution in [0.1, 0.15) is 22.5 Å². The maximum absolute atomic E-state index is 9.01. The van der Waals surface area contributed by atoms with Crippen LogP contribution in [-0.2, 0) is 13.0 Å². The average molecular weight is 275 g/mol. The van der Waals surface area contributed by atoms with Crippen molar-refractivity contribution in [3.63, 3.8) is 0 Å². The monoisotopic (exact) mass is 275 g/mol. The van der Waals surface area contributed by atoms with Crippen LogP contribution in [0.15, 0.2) is 42.5 Å². The molecule has 104 valence electrons. The number of para-hydroxylation sites is 2. The van der Waals surface area contributed by atoms with Crippen LogP contribution in [-0.4, -0.2) is 9.55 Å². The molecule has 21 heavy (non-hydrogen) atoms. The zero-order valence-corrected chi connectivity index (χ0v) is 12.3. The van der Waals surface area contributed by atoms with Crippen LogP contribution >= 0.6 is 0 Å². The first-order valence-electron chi connectivity index (χ1n) is 7.06. The maximum atomic E-state index is 9.01. The van der Waals surface area contributed by atoms with Gasteiger partial charge < -0.3 is 4.57 Å². The third kappa shape index (κ3) is 2.53. The Labute approximate surface area is 124 Å². The summed E-state index contributed by atoms with van der Waals surface area (Å²) in [6.45, 7) is 4.99. The summed E-state index contributed by atoms with van der Waals surface area (Å²) in [5.41, 5.74) is 5.86. The van der Waals surface area contributed by atoms with E-state index in [2.05, 4.69) is 53.7 Å². The van der Waals surface area contributed by atoms with Crippen molar-refractivity contribution in [2.75, 3.05) is 0 Å². The van der Waals surface area contributed by atoms with E-state index in [1.54, 1.807) is 0 Å². The van der Waals surface area contributed by atoms with E-state index in [0.29, 0.717) is 6.42 Å². The SMILES string of the molecule is Cc1ccc(Cn2c(CC#N)nc3ccccc32)cc1C. The molecule has 3 aromatic rings. The van der Waals surface area contributed by atoms with Crippen molar-refractivity contribution in [1.29, 1.82) is 5.26 Å². The lowest BCUT2D eigenvalue weighted by atomic mass is 10.1. The van der Waals surface area contributed by atoms with Crippen molar-refractivity contribution in [2.24, 2.45) is 0 Å². The number of fused-ring (bicyclic) bond motifs is 1. The van der Waals surface area contributed by atoms with E-state index in [9.17, 15) is 0 Å². The molecule has 0 radical (unpaired) electrons. The molecule has 1 aromatic heterocycles. The smallest absolute Gasteiger partial charge is 0.124 e. The van der Waals surface area contributed by atoms with Gasteiger partial charge in [0, 0.05) is 6.54 Å². The van der Waals surface area contributed by atoms with E-state index in [4.69, 9.17) is 5.26 Å². The number of aryl methyl sites for hydroxylation is 2. The lowest BCUT2D eigenvalue weighted by Crippen LogP contribution is -2.05. The molecule has 3 nitrogen and oxygen atoms in total. The molecule has 3 rings (SSSR count). The minimum Gasteiger partial charge on any atom is -0.323 e. The second-order valence-corrected chi connectivity index (χ2v) is 5.36. The molecule has 0 N–H and O–H groups in total. The van der Waals surface area contributed by atoms with Crippen molar-refractivity contribution in [3.05, 3.63) is 65.0 Å². The Morgan fingerprint density at radius 3 is 2.67 bits per heavy atom. The third-order valence-corrected chi connectivity index (χ3v) is 3.88. The maximum Gasteiger partial charge on any atom is 0.124 e. The lowest BCUT2D eigenvalue weighted by molar-refractivity contribution is 0.768. The van der Waals surface area contributed by atoms with E-state index in [1.165, 1.54) is 16.7 Å². The summed E-state index contributed by atoms with van der Waals surface area (Å²) in [4.78, 5) is 4.58. The zero-order chi connectivity index (χ0) is 14.8. The van der Waals surface area contributed by atoms with Crippen LogP contribution < -0.4 is 0 Å². The predicted octanol–water partition coefficient (Wildman–Crippen LogP) is 3.77. The fourth-order valence-electron chi connectivity index (χ4n) is 2.59. The quantitative estimate of drug-likeness (QED) is 0.730. The highest BCUT2D eigenvalue weighted by Gasteiger charge is 2.10. The summed E-state index contributed by atoms with van der Waals surface area (Å²) in [6, 6.07) is 16.8. The number of imidazole rings is 1. The summed E-state index contributed by atoms with van der Waals surface area (Å²) >= 11 is 0. The number of nitriles is 1. The Morgan fingerprint density at radius 2 is 1.90 bits per heavy atom. The molecule has 0 bridgehead atoms. The van der Waals surface area contributed by atoms with Gasteiger partial charge in [0.1, 0.15) is 5.82 Å². The van der Waals surface area contributed by atoms with Gasteiger partial charge in [0.2, 0.25) is 0 Å². The van der Waals surface area contributed by atoms with Crippen LogP contribution in [0.4, 0.5) is 0 Å². The Balaban J connectivity index is 2.08. The van der Waals surface area contributed by atoms with Crippen molar-refractivity contribution in [1.82, 2.24) is 9.55 Å². The molecular weight excluding hydrogens is 258 g/mol. The minimum absolute atomic E-state index is 0.333. The Morgan fingerprint density at radius 1 is 1.10 bits per heavy atom. The van der Waals surface area contributed by atoms with Gasteiger partial charge in [0.15, 0.2) is 0 Å². The normalized spacial score (nSPS) is 10.7. The van der Waals surface area contributed by atoms with Gasteiger partial charge in [0.05, 0.1) is 23.5 Å². The Bertz CT molecular complexity index is 837. The van der Waals surface area contributed by atoms with Gasteiger partial charge in [-0.2, -0.15) is 5.26 Å². The molecule has 3 heteroatoms. The van der Waals surface area contributed by atoms with Crippen molar-refractivity contribution in [3.8, 4) is 6.07 Å². The molecule has 0 aliphatic carbocycles. The summed E-state index contributed by atoms with van der Waals surface area (Å²) in [5.74, 6) is 0.830. The summed E-state index contributed by atoms with van der Waals surface area (Å²) in [5, 5.41) is 9.01. The van der Waals surface area contributed by atoms with Crippen LogP contribution in [0, 0.1) is 25.2 Å². The topological polar surface area (TPSA) is 41.6 Å². The first-order chi connectivity index (χ1) is 10.2. The fraction of sp³-hybridized carbons (Fsp3) is 0.222. The highest BCUT2D eigenvalue weighted by Crippen LogP contribution is 2.19. The van der Waals surface area contributed by atoms with Gasteiger partial charge in [-0.05, 0) is 42.7 Å². The summed E-state index contributed by atoms with van der Waals surface area (Å²) in [7, 11) is 0. The Hall–Kier alpha value is -2.60. The number of nitrogens with zero attached hydrogens (tertiary/aromatic N) is 3. The van der Waals surface area contributed by atoms with E-state index < -0.39 is 0 Å². The van der Waals surface area contributed by atoms with Gasteiger partial charge in [-0.25, -0.2) is 4.98 Å². The fourth-order valence-corrected chi connectivity index (χ4v) is 2.59. The van der Waals surface area contributed by atoms with Gasteiger partial charge in [-0.3, -0.25) is 0 Å². The van der Waals surface area contributed by atoms with Gasteiger partial charge in [0.25, 0.3) is 0 Å². The third-order valence-electron chi connectivity index (χ3n) is 3.88. The first-order valence-corrected chi connectivity index (χ1v) is 7.06. The number of hydrogen-bond donors (Lipinski definition) is 0. The van der Waals surface area contributed by atoms with Crippen molar-refractivity contribution < 1.29 is 0 Å². The van der Waals surface area contributed by atoms with Gasteiger partial charge in [-0.15, -0.1) is 0 Å². The molecule has 1 heterocycles. The molecule has 0 amide bonds. The van der Waals surface area contributed by atoms with E-state index >= 15 is 0 Å². The summed E-state index contributed by atoms with van der Waals surface area (Å²) in [6.07, 6.45) is 0.333. The predicted molar refractivity (Wildman–Crippen MR) is 84.1 cm³/mol. The second-order valence-electron chi connectivity index (χ2n) is 5.36. The van der Waals surface area contributed by atoms with Crippen molar-refractivity contribution in [2.45, 2.75) is 26.8 Å². The largest absolute Gasteiger partial charge is 0.323 e. The van der Waals surface area contributed by atoms with E-state index in [1.807, 2.05) is 18.2 Å². The number of aromatic nitrogens is 2. The molecule has 2 aromatic carbocycles. The van der Waals surface area contributed by atoms with E-state index in [0.717, 1.165) is 23.4 Å². The van der Waals surface area contributed by atoms with Gasteiger partial charge >= 0.3 is 0 Å². The molecule has 0 saturated carbocycles. The first kappa shape index (κ1) is 13.4. The number of benzene rings is 2. The van der Waals surface area contributed by atoms with Crippen LogP contribution in [0.2, 0.25) is 0 Å². The summed E-state index contributed by atoms with van der Waals surface area (Å²) < 4.78 is 2.14. The zero-order valence-electron chi connectivity index (χ0n) is 12.3. The standard InChI is InChI=1S/C18H17N3/c1-13-7-8-15(11-14(13)2)12-21-17-6-4-3-5-16(17)20-18(21)9-10-19/h3-8,11H,9,12H2,1-2H3. The average Bonchev–Trinajstić information content (AvgIpc) is 2.81. The van der Waals surface area contributed by atoms with Crippen LogP contribution in [0.5, 0.6) is 0 Å². The number of hydrogen-bond acceptors (Lipinski definition) is 2. The molecule has 0 aliphatic heterocycles. The molecule has 0 aliphatic rings. The second kappa shape index (κ2) is 5.41. The molecule has 0 fully saturated rings. The molecule has 0 saturated heterocycles. The molecule has 0 atom stereocenters. The van der Waals surface area contributed by atoms with Crippen molar-refractivity contribution >= 4 is 11.0 Å². The van der Waals surface area contributed by atoms with Crippen LogP contribution in [0.3, 0.4) is 0 Å². The lowest BCUT2D eigenvalue weighted by Gasteiger charge is -2.09. The minimum atomic E-state index is 0.333. The molecule has 0 spiro atoms. The van der Waals surface area contributed by atoms with E-state index in [-0.39, 0.29) is 0 Å². The molecule has 0 unspecified atom stereocenters. The van der Waals surface area contributed by atoms with Gasteiger partial charge in [-0.1, -0.05) is 30.3 Å². The number of rotatable bonds is 3.